The molecule has 1 aromatic heterocycles. The molecule has 1 atom stereocenters. The quantitative estimate of drug-likeness (QED) is 0.539. The Labute approximate surface area is 82.1 Å². The monoisotopic (exact) mass is 201 g/mol. The Kier molecular flexibility index (Phi) is 3.29. The average molecular weight is 202 g/mol. The zero-order valence-corrected chi connectivity index (χ0v) is 8.66. The molecule has 1 rings (SSSR count). The topological polar surface area (TPSA) is 12.9 Å². The van der Waals surface area contributed by atoms with Gasteiger partial charge in [0.2, 0.25) is 0 Å². The van der Waals surface area contributed by atoms with E-state index < -0.39 is 0 Å². The molecule has 66 valence electrons. The van der Waals surface area contributed by atoms with Crippen LogP contribution in [-0.2, 0) is 6.42 Å². The first kappa shape index (κ1) is 9.75. The van der Waals surface area contributed by atoms with Crippen LogP contribution in [0.3, 0.4) is 0 Å². The summed E-state index contributed by atoms with van der Waals surface area (Å²) in [5.41, 5.74) is -0.0145. The maximum Gasteiger partial charge on any atom is 0.0933 e. The molecule has 0 aromatic carbocycles. The summed E-state index contributed by atoms with van der Waals surface area (Å²) in [7, 11) is 0. The fourth-order valence-corrected chi connectivity index (χ4v) is 1.88. The van der Waals surface area contributed by atoms with Crippen molar-refractivity contribution in [1.82, 2.24) is 4.98 Å². The van der Waals surface area contributed by atoms with Crippen LogP contribution < -0.4 is 0 Å². The number of hydrogen-bond donors (Lipinski definition) is 0. The second-order valence-electron chi connectivity index (χ2n) is 3.09. The summed E-state index contributed by atoms with van der Waals surface area (Å²) in [6.07, 6.45) is 4.61. The Balaban J connectivity index is 2.66. The summed E-state index contributed by atoms with van der Waals surface area (Å²) in [5, 5.41) is 3.10. The van der Waals surface area contributed by atoms with Crippen LogP contribution in [0.15, 0.2) is 24.2 Å². The second kappa shape index (κ2) is 4.06. The van der Waals surface area contributed by atoms with Crippen molar-refractivity contribution in [3.8, 4) is 0 Å². The molecule has 1 nitrogen and oxygen atoms in total. The van der Waals surface area contributed by atoms with Crippen molar-refractivity contribution in [3.63, 3.8) is 0 Å². The molecule has 0 saturated carbocycles. The van der Waals surface area contributed by atoms with E-state index in [9.17, 15) is 0 Å². The number of hydrogen-bond acceptors (Lipinski definition) is 2. The van der Waals surface area contributed by atoms with E-state index >= 15 is 0 Å². The first-order chi connectivity index (χ1) is 5.70. The van der Waals surface area contributed by atoms with Crippen molar-refractivity contribution in [3.05, 3.63) is 29.2 Å². The van der Waals surface area contributed by atoms with Crippen molar-refractivity contribution in [2.45, 2.75) is 13.3 Å². The minimum Gasteiger partial charge on any atom is -0.250 e. The van der Waals surface area contributed by atoms with Gasteiger partial charge in [-0.1, -0.05) is 13.0 Å². The lowest BCUT2D eigenvalue weighted by molar-refractivity contribution is 0.485. The number of alkyl halides is 1. The van der Waals surface area contributed by atoms with Gasteiger partial charge in [0.15, 0.2) is 0 Å². The lowest BCUT2D eigenvalue weighted by atomic mass is 9.90. The zero-order valence-electron chi connectivity index (χ0n) is 7.09. The van der Waals surface area contributed by atoms with Gasteiger partial charge in [0, 0.05) is 29.3 Å². The summed E-state index contributed by atoms with van der Waals surface area (Å²) >= 11 is 7.49. The Bertz CT molecular complexity index is 245. The van der Waals surface area contributed by atoms with Crippen molar-refractivity contribution >= 4 is 22.9 Å². The smallest absolute Gasteiger partial charge is 0.0933 e. The molecular formula is C9H12ClNS. The normalized spacial score (nSPS) is 15.5. The van der Waals surface area contributed by atoms with Gasteiger partial charge in [-0.25, -0.2) is 4.98 Å². The highest BCUT2D eigenvalue weighted by Crippen LogP contribution is 2.26. The predicted octanol–water partition coefficient (Wildman–Crippen LogP) is 3.12. The molecule has 3 heteroatoms. The average Bonchev–Trinajstić information content (AvgIpc) is 2.57. The highest BCUT2D eigenvalue weighted by molar-refractivity contribution is 7.09. The summed E-state index contributed by atoms with van der Waals surface area (Å²) in [6, 6.07) is 0. The highest BCUT2D eigenvalue weighted by atomic mass is 35.5. The summed E-state index contributed by atoms with van der Waals surface area (Å²) in [6.45, 7) is 5.87. The second-order valence-corrected chi connectivity index (χ2v) is 4.34. The van der Waals surface area contributed by atoms with Crippen LogP contribution in [0, 0.1) is 5.41 Å². The van der Waals surface area contributed by atoms with Gasteiger partial charge >= 0.3 is 0 Å². The van der Waals surface area contributed by atoms with Crippen molar-refractivity contribution in [2.75, 3.05) is 5.88 Å². The van der Waals surface area contributed by atoms with E-state index in [4.69, 9.17) is 11.6 Å². The highest BCUT2D eigenvalue weighted by Gasteiger charge is 2.20. The van der Waals surface area contributed by atoms with Crippen LogP contribution in [0.4, 0.5) is 0 Å². The molecular weight excluding hydrogens is 190 g/mol. The first-order valence-electron chi connectivity index (χ1n) is 3.78. The van der Waals surface area contributed by atoms with Gasteiger partial charge in [-0.2, -0.15) is 0 Å². The molecule has 0 spiro atoms. The van der Waals surface area contributed by atoms with E-state index in [2.05, 4.69) is 18.5 Å². The van der Waals surface area contributed by atoms with E-state index in [0.29, 0.717) is 5.88 Å². The van der Waals surface area contributed by atoms with Gasteiger partial charge in [-0.05, 0) is 0 Å². The van der Waals surface area contributed by atoms with Gasteiger partial charge < -0.3 is 0 Å². The molecule has 0 saturated heterocycles. The molecule has 0 N–H and O–H groups in total. The van der Waals surface area contributed by atoms with Crippen LogP contribution in [0.1, 0.15) is 11.9 Å². The fraction of sp³-hybridized carbons (Fsp3) is 0.444. The van der Waals surface area contributed by atoms with Crippen LogP contribution in [0.5, 0.6) is 0 Å². The SMILES string of the molecule is C=CC(C)(CCl)Cc1nccs1. The van der Waals surface area contributed by atoms with Crippen LogP contribution in [0.25, 0.3) is 0 Å². The number of halogens is 1. The van der Waals surface area contributed by atoms with Gasteiger partial charge in [0.1, 0.15) is 0 Å². The molecule has 1 heterocycles. The third-order valence-electron chi connectivity index (χ3n) is 1.84. The maximum atomic E-state index is 5.83. The molecule has 1 unspecified atom stereocenters. The van der Waals surface area contributed by atoms with E-state index in [1.54, 1.807) is 11.3 Å². The first-order valence-corrected chi connectivity index (χ1v) is 5.19. The van der Waals surface area contributed by atoms with Gasteiger partial charge in [-0.3, -0.25) is 0 Å². The van der Waals surface area contributed by atoms with E-state index in [0.717, 1.165) is 11.4 Å². The van der Waals surface area contributed by atoms with Crippen LogP contribution >= 0.6 is 22.9 Å². The molecule has 0 aliphatic heterocycles. The Hall–Kier alpha value is -0.340. The van der Waals surface area contributed by atoms with Gasteiger partial charge in [0.25, 0.3) is 0 Å². The third-order valence-corrected chi connectivity index (χ3v) is 3.23. The Morgan fingerprint density at radius 2 is 2.58 bits per heavy atom. The number of thiazole rings is 1. The van der Waals surface area contributed by atoms with Gasteiger partial charge in [-0.15, -0.1) is 29.5 Å². The van der Waals surface area contributed by atoms with Crippen LogP contribution in [0.2, 0.25) is 0 Å². The lowest BCUT2D eigenvalue weighted by Crippen LogP contribution is -2.18. The van der Waals surface area contributed by atoms with Crippen molar-refractivity contribution in [2.24, 2.45) is 5.41 Å². The third kappa shape index (κ3) is 2.32. The summed E-state index contributed by atoms with van der Waals surface area (Å²) in [4.78, 5) is 4.21. The molecule has 0 amide bonds. The molecule has 0 bridgehead atoms. The maximum absolute atomic E-state index is 5.83. The summed E-state index contributed by atoms with van der Waals surface area (Å²) in [5.74, 6) is 0.593. The van der Waals surface area contributed by atoms with Crippen LogP contribution in [-0.4, -0.2) is 10.9 Å². The van der Waals surface area contributed by atoms with E-state index in [1.807, 2.05) is 17.7 Å². The van der Waals surface area contributed by atoms with Crippen molar-refractivity contribution in [1.29, 1.82) is 0 Å². The zero-order chi connectivity index (χ0) is 9.03. The minimum absolute atomic E-state index is 0.0145. The number of allylic oxidation sites excluding steroid dienone is 1. The largest absolute Gasteiger partial charge is 0.250 e. The molecule has 0 fully saturated rings. The Morgan fingerprint density at radius 1 is 1.83 bits per heavy atom. The van der Waals surface area contributed by atoms with E-state index in [1.165, 1.54) is 0 Å². The number of nitrogens with zero attached hydrogens (tertiary/aromatic N) is 1. The molecule has 0 radical (unpaired) electrons. The fourth-order valence-electron chi connectivity index (χ4n) is 0.860. The van der Waals surface area contributed by atoms with Gasteiger partial charge in [0.05, 0.1) is 5.01 Å². The Morgan fingerprint density at radius 3 is 3.00 bits per heavy atom. The molecule has 0 aliphatic rings. The predicted molar refractivity (Wildman–Crippen MR) is 54.8 cm³/mol. The van der Waals surface area contributed by atoms with Crippen molar-refractivity contribution < 1.29 is 0 Å². The lowest BCUT2D eigenvalue weighted by Gasteiger charge is -2.20. The minimum atomic E-state index is -0.0145. The molecule has 12 heavy (non-hydrogen) atoms. The summed E-state index contributed by atoms with van der Waals surface area (Å²) < 4.78 is 0. The number of rotatable bonds is 4. The standard InChI is InChI=1S/C9H12ClNS/c1-3-9(2,7-10)6-8-11-4-5-12-8/h3-5H,1,6-7H2,2H3. The van der Waals surface area contributed by atoms with E-state index in [-0.39, 0.29) is 5.41 Å². The number of aromatic nitrogens is 1. The molecule has 1 aromatic rings. The molecule has 0 aliphatic carbocycles.